The van der Waals surface area contributed by atoms with Crippen LogP contribution in [-0.2, 0) is 17.4 Å². The largest absolute Gasteiger partial charge is 0.504 e. The molecule has 0 aliphatic carbocycles. The summed E-state index contributed by atoms with van der Waals surface area (Å²) in [4.78, 5) is 2.36. The predicted molar refractivity (Wildman–Crippen MR) is 91.7 cm³/mol. The minimum atomic E-state index is -0.201. The lowest BCUT2D eigenvalue weighted by Gasteiger charge is -2.30. The van der Waals surface area contributed by atoms with Crippen molar-refractivity contribution in [3.8, 4) is 11.5 Å². The van der Waals surface area contributed by atoms with Crippen molar-refractivity contribution in [2.24, 2.45) is 0 Å². The number of benzene rings is 1. The summed E-state index contributed by atoms with van der Waals surface area (Å²) in [7, 11) is 0. The third-order valence-corrected chi connectivity index (χ3v) is 4.58. The van der Waals surface area contributed by atoms with Crippen molar-refractivity contribution in [3.63, 3.8) is 0 Å². The van der Waals surface area contributed by atoms with Crippen LogP contribution in [0.1, 0.15) is 71.1 Å². The summed E-state index contributed by atoms with van der Waals surface area (Å²) >= 11 is 0. The molecule has 0 atom stereocenters. The van der Waals surface area contributed by atoms with Crippen LogP contribution in [0.25, 0.3) is 0 Å². The van der Waals surface area contributed by atoms with Gasteiger partial charge in [-0.1, -0.05) is 47.6 Å². The molecule has 1 saturated heterocycles. The minimum absolute atomic E-state index is 0.0506. The van der Waals surface area contributed by atoms with Gasteiger partial charge in [-0.2, -0.15) is 0 Å². The molecule has 3 heteroatoms. The van der Waals surface area contributed by atoms with Gasteiger partial charge < -0.3 is 10.2 Å². The molecule has 0 amide bonds. The van der Waals surface area contributed by atoms with E-state index in [9.17, 15) is 10.2 Å². The van der Waals surface area contributed by atoms with Crippen LogP contribution in [0.5, 0.6) is 11.5 Å². The molecular weight excluding hydrogens is 274 g/mol. The van der Waals surface area contributed by atoms with Crippen molar-refractivity contribution in [3.05, 3.63) is 22.8 Å². The van der Waals surface area contributed by atoms with Crippen LogP contribution >= 0.6 is 0 Å². The van der Waals surface area contributed by atoms with E-state index in [0.29, 0.717) is 0 Å². The molecule has 2 N–H and O–H groups in total. The molecule has 1 heterocycles. The Morgan fingerprint density at radius 2 is 1.36 bits per heavy atom. The molecule has 0 spiro atoms. The van der Waals surface area contributed by atoms with E-state index < -0.39 is 0 Å². The lowest BCUT2D eigenvalue weighted by Crippen LogP contribution is -2.24. The molecule has 1 aromatic carbocycles. The molecule has 1 aliphatic heterocycles. The van der Waals surface area contributed by atoms with Gasteiger partial charge >= 0.3 is 0 Å². The molecule has 1 fully saturated rings. The second-order valence-electron chi connectivity index (χ2n) is 8.63. The monoisotopic (exact) mass is 305 g/mol. The van der Waals surface area contributed by atoms with E-state index in [1.807, 2.05) is 0 Å². The van der Waals surface area contributed by atoms with Crippen LogP contribution in [0, 0.1) is 0 Å². The molecule has 0 bridgehead atoms. The van der Waals surface area contributed by atoms with Crippen molar-refractivity contribution in [2.75, 3.05) is 13.1 Å². The van der Waals surface area contributed by atoms with E-state index in [2.05, 4.69) is 52.5 Å². The fourth-order valence-electron chi connectivity index (χ4n) is 3.26. The van der Waals surface area contributed by atoms with Crippen LogP contribution in [-0.4, -0.2) is 28.2 Å². The molecular formula is C19H31NO2. The fraction of sp³-hybridized carbons (Fsp3) is 0.684. The van der Waals surface area contributed by atoms with E-state index in [1.54, 1.807) is 0 Å². The molecule has 2 rings (SSSR count). The first kappa shape index (κ1) is 17.1. The predicted octanol–water partition coefficient (Wildman–Crippen LogP) is 4.29. The van der Waals surface area contributed by atoms with Gasteiger partial charge in [0.25, 0.3) is 0 Å². The van der Waals surface area contributed by atoms with Crippen LogP contribution in [0.3, 0.4) is 0 Å². The zero-order chi connectivity index (χ0) is 16.7. The van der Waals surface area contributed by atoms with Crippen molar-refractivity contribution >= 4 is 0 Å². The number of phenolic OH excluding ortho intramolecular Hbond substituents is 2. The summed E-state index contributed by atoms with van der Waals surface area (Å²) < 4.78 is 0. The Hall–Kier alpha value is -1.22. The second-order valence-corrected chi connectivity index (χ2v) is 8.63. The van der Waals surface area contributed by atoms with Gasteiger partial charge in [0.05, 0.1) is 0 Å². The second kappa shape index (κ2) is 5.77. The first-order valence-corrected chi connectivity index (χ1v) is 8.33. The van der Waals surface area contributed by atoms with Crippen molar-refractivity contribution in [1.82, 2.24) is 4.90 Å². The smallest absolute Gasteiger partial charge is 0.162 e. The maximum atomic E-state index is 10.7. The van der Waals surface area contributed by atoms with Gasteiger partial charge in [-0.15, -0.1) is 0 Å². The summed E-state index contributed by atoms with van der Waals surface area (Å²) in [5, 5.41) is 21.2. The van der Waals surface area contributed by atoms with E-state index >= 15 is 0 Å². The highest BCUT2D eigenvalue weighted by Crippen LogP contribution is 2.44. The zero-order valence-electron chi connectivity index (χ0n) is 15.0. The molecule has 0 unspecified atom stereocenters. The minimum Gasteiger partial charge on any atom is -0.504 e. The Bertz CT molecular complexity index is 544. The molecule has 0 aromatic heterocycles. The van der Waals surface area contributed by atoms with Gasteiger partial charge in [-0.3, -0.25) is 4.90 Å². The lowest BCUT2D eigenvalue weighted by atomic mass is 9.77. The number of aromatic hydroxyl groups is 2. The number of rotatable bonds is 2. The third-order valence-electron chi connectivity index (χ3n) is 4.58. The van der Waals surface area contributed by atoms with E-state index in [1.165, 1.54) is 12.8 Å². The van der Waals surface area contributed by atoms with Gasteiger partial charge in [0.15, 0.2) is 11.5 Å². The third kappa shape index (κ3) is 3.40. The summed E-state index contributed by atoms with van der Waals surface area (Å²) in [6, 6.07) is 2.10. The molecule has 0 radical (unpaired) electrons. The highest BCUT2D eigenvalue weighted by molar-refractivity contribution is 5.57. The first-order chi connectivity index (χ1) is 10.0. The van der Waals surface area contributed by atoms with E-state index in [0.717, 1.165) is 36.3 Å². The molecule has 22 heavy (non-hydrogen) atoms. The zero-order valence-corrected chi connectivity index (χ0v) is 15.0. The number of hydrogen-bond acceptors (Lipinski definition) is 3. The Labute approximate surface area is 135 Å². The molecule has 1 aromatic rings. The van der Waals surface area contributed by atoms with E-state index in [4.69, 9.17) is 0 Å². The number of nitrogens with zero attached hydrogens (tertiary/aromatic N) is 1. The Kier molecular flexibility index (Phi) is 4.49. The topological polar surface area (TPSA) is 43.7 Å². The summed E-state index contributed by atoms with van der Waals surface area (Å²) in [6.45, 7) is 15.6. The van der Waals surface area contributed by atoms with Crippen LogP contribution in [0.15, 0.2) is 6.07 Å². The normalized spacial score (nSPS) is 17.2. The average Bonchev–Trinajstić information content (AvgIpc) is 2.85. The maximum Gasteiger partial charge on any atom is 0.162 e. The van der Waals surface area contributed by atoms with Crippen LogP contribution < -0.4 is 0 Å². The summed E-state index contributed by atoms with van der Waals surface area (Å²) in [6.07, 6.45) is 2.44. The number of likely N-dealkylation sites (tertiary alicyclic amines) is 1. The standard InChI is InChI=1S/C19H31NO2/c1-18(2,3)14-11-15(19(4,5)6)17(22)16(21)13(14)12-20-9-7-8-10-20/h11,21-22H,7-10,12H2,1-6H3. The molecule has 3 nitrogen and oxygen atoms in total. The lowest BCUT2D eigenvalue weighted by molar-refractivity contribution is 0.314. The van der Waals surface area contributed by atoms with Crippen molar-refractivity contribution in [1.29, 1.82) is 0 Å². The Morgan fingerprint density at radius 3 is 1.82 bits per heavy atom. The number of hydrogen-bond donors (Lipinski definition) is 2. The first-order valence-electron chi connectivity index (χ1n) is 8.33. The van der Waals surface area contributed by atoms with Gasteiger partial charge in [0, 0.05) is 17.7 Å². The summed E-state index contributed by atoms with van der Waals surface area (Å²) in [5.41, 5.74) is 2.58. The molecule has 0 saturated carbocycles. The SMILES string of the molecule is CC(C)(C)c1cc(C(C)(C)C)c(CN2CCCC2)c(O)c1O. The van der Waals surface area contributed by atoms with Crippen LogP contribution in [0.2, 0.25) is 0 Å². The van der Waals surface area contributed by atoms with E-state index in [-0.39, 0.29) is 22.3 Å². The van der Waals surface area contributed by atoms with Gasteiger partial charge in [0.2, 0.25) is 0 Å². The molecule has 1 aliphatic rings. The quantitative estimate of drug-likeness (QED) is 0.801. The fourth-order valence-corrected chi connectivity index (χ4v) is 3.26. The maximum absolute atomic E-state index is 10.7. The highest BCUT2D eigenvalue weighted by Gasteiger charge is 2.30. The Balaban J connectivity index is 2.57. The van der Waals surface area contributed by atoms with Crippen LogP contribution in [0.4, 0.5) is 0 Å². The number of phenols is 2. The Morgan fingerprint density at radius 1 is 0.864 bits per heavy atom. The average molecular weight is 305 g/mol. The van der Waals surface area contributed by atoms with Gasteiger partial charge in [0.1, 0.15) is 0 Å². The summed E-state index contributed by atoms with van der Waals surface area (Å²) in [5.74, 6) is 0.124. The van der Waals surface area contributed by atoms with Gasteiger partial charge in [-0.05, 0) is 42.3 Å². The van der Waals surface area contributed by atoms with Crippen molar-refractivity contribution in [2.45, 2.75) is 71.8 Å². The molecule has 124 valence electrons. The van der Waals surface area contributed by atoms with Gasteiger partial charge in [-0.25, -0.2) is 0 Å². The highest BCUT2D eigenvalue weighted by atomic mass is 16.3. The van der Waals surface area contributed by atoms with Crippen molar-refractivity contribution < 1.29 is 10.2 Å².